The van der Waals surface area contributed by atoms with Crippen molar-refractivity contribution in [3.05, 3.63) is 47.2 Å². The zero-order chi connectivity index (χ0) is 21.7. The first-order chi connectivity index (χ1) is 14.3. The smallest absolute Gasteiger partial charge is 0.414 e. The van der Waals surface area contributed by atoms with Gasteiger partial charge >= 0.3 is 6.09 Å². The molecule has 1 heterocycles. The normalized spacial score (nSPS) is 16.2. The SMILES string of the molecule is CCCN1Cc2cc(OC3=CC(CN)=CCC3)ccc2N=C1NC(=O)OC(C)(C)C. The number of alkyl carbamates (subject to hydrolysis) is 1. The summed E-state index contributed by atoms with van der Waals surface area (Å²) in [6.45, 7) is 9.54. The minimum absolute atomic E-state index is 0.501. The van der Waals surface area contributed by atoms with Crippen LogP contribution in [0.25, 0.3) is 0 Å². The van der Waals surface area contributed by atoms with Gasteiger partial charge in [0.2, 0.25) is 5.96 Å². The first-order valence-electron chi connectivity index (χ1n) is 10.5. The van der Waals surface area contributed by atoms with Crippen molar-refractivity contribution in [3.8, 4) is 5.75 Å². The zero-order valence-electron chi connectivity index (χ0n) is 18.3. The predicted octanol–water partition coefficient (Wildman–Crippen LogP) is 4.37. The summed E-state index contributed by atoms with van der Waals surface area (Å²) in [5, 5.41) is 2.80. The second-order valence-corrected chi connectivity index (χ2v) is 8.51. The number of hydrogen-bond donors (Lipinski definition) is 2. The number of aliphatic imine (C=N–C) groups is 1. The van der Waals surface area contributed by atoms with Gasteiger partial charge in [-0.05, 0) is 63.5 Å². The third kappa shape index (κ3) is 5.86. The molecule has 1 aliphatic carbocycles. The molecule has 0 radical (unpaired) electrons. The summed E-state index contributed by atoms with van der Waals surface area (Å²) in [7, 11) is 0. The van der Waals surface area contributed by atoms with Gasteiger partial charge in [0, 0.05) is 31.6 Å². The van der Waals surface area contributed by atoms with Gasteiger partial charge < -0.3 is 20.1 Å². The molecule has 7 nitrogen and oxygen atoms in total. The molecule has 0 atom stereocenters. The molecule has 7 heteroatoms. The van der Waals surface area contributed by atoms with Crippen LogP contribution in [0.15, 0.2) is 46.7 Å². The molecule has 0 saturated heterocycles. The van der Waals surface area contributed by atoms with Gasteiger partial charge in [0.15, 0.2) is 0 Å². The van der Waals surface area contributed by atoms with E-state index in [1.54, 1.807) is 0 Å². The van der Waals surface area contributed by atoms with E-state index >= 15 is 0 Å². The Kier molecular flexibility index (Phi) is 6.82. The maximum Gasteiger partial charge on any atom is 0.414 e. The maximum absolute atomic E-state index is 12.2. The van der Waals surface area contributed by atoms with Crippen molar-refractivity contribution < 1.29 is 14.3 Å². The summed E-state index contributed by atoms with van der Waals surface area (Å²) in [6.07, 6.45) is 6.41. The van der Waals surface area contributed by atoms with Crippen molar-refractivity contribution >= 4 is 17.7 Å². The van der Waals surface area contributed by atoms with Gasteiger partial charge in [0.05, 0.1) is 5.69 Å². The van der Waals surface area contributed by atoms with Crippen LogP contribution >= 0.6 is 0 Å². The van der Waals surface area contributed by atoms with Crippen molar-refractivity contribution in [2.75, 3.05) is 13.1 Å². The van der Waals surface area contributed by atoms with Crippen molar-refractivity contribution in [2.45, 2.75) is 59.1 Å². The van der Waals surface area contributed by atoms with Crippen LogP contribution in [-0.4, -0.2) is 35.6 Å². The minimum Gasteiger partial charge on any atom is -0.462 e. The average molecular weight is 413 g/mol. The van der Waals surface area contributed by atoms with Gasteiger partial charge in [0.1, 0.15) is 17.1 Å². The third-order valence-corrected chi connectivity index (χ3v) is 4.67. The van der Waals surface area contributed by atoms with Gasteiger partial charge in [-0.3, -0.25) is 5.32 Å². The van der Waals surface area contributed by atoms with Crippen LogP contribution in [0.1, 0.15) is 52.5 Å². The van der Waals surface area contributed by atoms with E-state index in [1.165, 1.54) is 0 Å². The number of rotatable bonds is 5. The van der Waals surface area contributed by atoms with E-state index in [0.717, 1.165) is 54.1 Å². The molecule has 0 spiro atoms. The number of carbonyl (C=O) groups excluding carboxylic acids is 1. The number of allylic oxidation sites excluding steroid dienone is 2. The fraction of sp³-hybridized carbons (Fsp3) is 0.478. The monoisotopic (exact) mass is 412 g/mol. The zero-order valence-corrected chi connectivity index (χ0v) is 18.3. The van der Waals surface area contributed by atoms with Crippen LogP contribution in [-0.2, 0) is 11.3 Å². The number of fused-ring (bicyclic) bond motifs is 1. The summed E-state index contributed by atoms with van der Waals surface area (Å²) in [5.41, 5.74) is 8.16. The van der Waals surface area contributed by atoms with Crippen LogP contribution in [0, 0.1) is 0 Å². The summed E-state index contributed by atoms with van der Waals surface area (Å²) >= 11 is 0. The molecule has 0 aromatic heterocycles. The molecule has 3 rings (SSSR count). The number of amides is 1. The maximum atomic E-state index is 12.2. The Morgan fingerprint density at radius 1 is 1.33 bits per heavy atom. The van der Waals surface area contributed by atoms with E-state index in [4.69, 9.17) is 15.2 Å². The standard InChI is InChI=1S/C23H32N4O3/c1-5-11-27-15-17-13-19(29-18-8-6-7-16(12-18)14-24)9-10-20(17)25-21(27)26-22(28)30-23(2,3)4/h7,9-10,12-13H,5-6,8,11,14-15,24H2,1-4H3,(H,25,26,28). The molecular formula is C23H32N4O3. The highest BCUT2D eigenvalue weighted by molar-refractivity contribution is 5.96. The van der Waals surface area contributed by atoms with Crippen LogP contribution in [0.5, 0.6) is 5.75 Å². The number of carbonyl (C=O) groups is 1. The van der Waals surface area contributed by atoms with Gasteiger partial charge in [-0.1, -0.05) is 13.0 Å². The van der Waals surface area contributed by atoms with E-state index < -0.39 is 11.7 Å². The van der Waals surface area contributed by atoms with E-state index in [-0.39, 0.29) is 0 Å². The molecule has 1 aliphatic heterocycles. The van der Waals surface area contributed by atoms with Crippen LogP contribution in [0.3, 0.4) is 0 Å². The number of guanidine groups is 1. The molecule has 0 bridgehead atoms. The highest BCUT2D eigenvalue weighted by Gasteiger charge is 2.24. The predicted molar refractivity (Wildman–Crippen MR) is 119 cm³/mol. The Morgan fingerprint density at radius 3 is 2.83 bits per heavy atom. The minimum atomic E-state index is -0.564. The Balaban J connectivity index is 1.78. The lowest BCUT2D eigenvalue weighted by Gasteiger charge is -2.31. The van der Waals surface area contributed by atoms with Gasteiger partial charge in [-0.15, -0.1) is 0 Å². The lowest BCUT2D eigenvalue weighted by Crippen LogP contribution is -2.47. The summed E-state index contributed by atoms with van der Waals surface area (Å²) in [5.74, 6) is 2.23. The van der Waals surface area contributed by atoms with Crippen molar-refractivity contribution in [1.29, 1.82) is 0 Å². The first-order valence-corrected chi connectivity index (χ1v) is 10.5. The fourth-order valence-corrected chi connectivity index (χ4v) is 3.39. The van der Waals surface area contributed by atoms with Gasteiger partial charge in [-0.25, -0.2) is 9.79 Å². The number of nitrogens with two attached hydrogens (primary N) is 1. The molecular weight excluding hydrogens is 380 g/mol. The fourth-order valence-electron chi connectivity index (χ4n) is 3.39. The van der Waals surface area contributed by atoms with Gasteiger partial charge in [0.25, 0.3) is 0 Å². The van der Waals surface area contributed by atoms with E-state index in [1.807, 2.05) is 49.9 Å². The van der Waals surface area contributed by atoms with E-state index in [2.05, 4.69) is 23.3 Å². The lowest BCUT2D eigenvalue weighted by molar-refractivity contribution is 0.0555. The Bertz CT molecular complexity index is 881. The molecule has 2 aliphatic rings. The van der Waals surface area contributed by atoms with Crippen molar-refractivity contribution in [2.24, 2.45) is 10.7 Å². The van der Waals surface area contributed by atoms with Crippen LogP contribution < -0.4 is 15.8 Å². The summed E-state index contributed by atoms with van der Waals surface area (Å²) in [4.78, 5) is 18.9. The van der Waals surface area contributed by atoms with Gasteiger partial charge in [-0.2, -0.15) is 0 Å². The van der Waals surface area contributed by atoms with Crippen molar-refractivity contribution in [1.82, 2.24) is 10.2 Å². The third-order valence-electron chi connectivity index (χ3n) is 4.67. The van der Waals surface area contributed by atoms with Crippen molar-refractivity contribution in [3.63, 3.8) is 0 Å². The summed E-state index contributed by atoms with van der Waals surface area (Å²) < 4.78 is 11.5. The molecule has 0 fully saturated rings. The molecule has 1 aromatic rings. The summed E-state index contributed by atoms with van der Waals surface area (Å²) in [6, 6.07) is 5.85. The largest absolute Gasteiger partial charge is 0.462 e. The topological polar surface area (TPSA) is 89.2 Å². The molecule has 3 N–H and O–H groups in total. The molecule has 30 heavy (non-hydrogen) atoms. The molecule has 0 unspecified atom stereocenters. The number of hydrogen-bond acceptors (Lipinski definition) is 6. The average Bonchev–Trinajstić information content (AvgIpc) is 2.67. The Hall–Kier alpha value is -2.80. The number of ether oxygens (including phenoxy) is 2. The number of benzene rings is 1. The lowest BCUT2D eigenvalue weighted by atomic mass is 10.1. The highest BCUT2D eigenvalue weighted by Crippen LogP contribution is 2.31. The van der Waals surface area contributed by atoms with E-state index in [0.29, 0.717) is 19.0 Å². The molecule has 1 amide bonds. The van der Waals surface area contributed by atoms with Crippen LogP contribution in [0.4, 0.5) is 10.5 Å². The Labute approximate surface area is 178 Å². The van der Waals surface area contributed by atoms with Crippen LogP contribution in [0.2, 0.25) is 0 Å². The second-order valence-electron chi connectivity index (χ2n) is 8.51. The first kappa shape index (κ1) is 21.9. The quantitative estimate of drug-likeness (QED) is 0.750. The molecule has 162 valence electrons. The second kappa shape index (κ2) is 9.34. The van der Waals surface area contributed by atoms with E-state index in [9.17, 15) is 4.79 Å². The molecule has 0 saturated carbocycles. The molecule has 1 aromatic carbocycles. The number of nitrogens with one attached hydrogen (secondary N) is 1. The Morgan fingerprint density at radius 2 is 2.13 bits per heavy atom. The number of nitrogens with zero attached hydrogens (tertiary/aromatic N) is 2. The highest BCUT2D eigenvalue weighted by atomic mass is 16.6.